The molecule has 1 unspecified atom stereocenters. The first-order valence-corrected chi connectivity index (χ1v) is 8.16. The number of ether oxygens (including phenoxy) is 1. The number of amides is 1. The molecule has 20 heavy (non-hydrogen) atoms. The Morgan fingerprint density at radius 2 is 2.20 bits per heavy atom. The monoisotopic (exact) mass is 329 g/mol. The van der Waals surface area contributed by atoms with Gasteiger partial charge in [-0.2, -0.15) is 0 Å². The zero-order valence-corrected chi connectivity index (χ0v) is 13.6. The van der Waals surface area contributed by atoms with Gasteiger partial charge in [-0.25, -0.2) is 13.1 Å². The molecule has 1 aliphatic rings. The van der Waals surface area contributed by atoms with Crippen LogP contribution in [0.4, 0.5) is 0 Å². The summed E-state index contributed by atoms with van der Waals surface area (Å²) in [5, 5.41) is 3.22. The zero-order chi connectivity index (χ0) is 14.3. The summed E-state index contributed by atoms with van der Waals surface area (Å²) in [7, 11) is -3.44. The number of carbonyl (C=O) groups excluding carboxylic acids is 1. The summed E-state index contributed by atoms with van der Waals surface area (Å²) in [6.45, 7) is 6.20. The van der Waals surface area contributed by atoms with Gasteiger partial charge in [-0.3, -0.25) is 4.79 Å². The van der Waals surface area contributed by atoms with Crippen LogP contribution in [-0.4, -0.2) is 70.4 Å². The fraction of sp³-hybridized carbons (Fsp3) is 0.909. The van der Waals surface area contributed by atoms with Crippen molar-refractivity contribution in [2.45, 2.75) is 19.9 Å². The Labute approximate surface area is 126 Å². The van der Waals surface area contributed by atoms with E-state index < -0.39 is 10.0 Å². The molecule has 1 atom stereocenters. The van der Waals surface area contributed by atoms with Gasteiger partial charge in [0.1, 0.15) is 0 Å². The van der Waals surface area contributed by atoms with E-state index in [1.54, 1.807) is 11.8 Å². The molecule has 7 nitrogen and oxygen atoms in total. The molecule has 0 aromatic heterocycles. The highest BCUT2D eigenvalue weighted by Gasteiger charge is 2.21. The van der Waals surface area contributed by atoms with Gasteiger partial charge >= 0.3 is 0 Å². The van der Waals surface area contributed by atoms with Crippen molar-refractivity contribution >= 4 is 28.3 Å². The lowest BCUT2D eigenvalue weighted by atomic mass is 10.2. The molecule has 120 valence electrons. The molecule has 1 amide bonds. The predicted molar refractivity (Wildman–Crippen MR) is 79.6 cm³/mol. The number of hydrogen-bond donors (Lipinski definition) is 2. The molecule has 1 saturated heterocycles. The lowest BCUT2D eigenvalue weighted by Crippen LogP contribution is -2.53. The largest absolute Gasteiger partial charge is 0.381 e. The highest BCUT2D eigenvalue weighted by Crippen LogP contribution is 1.99. The molecule has 1 fully saturated rings. The van der Waals surface area contributed by atoms with Gasteiger partial charge in [0.25, 0.3) is 0 Å². The smallest absolute Gasteiger partial charge is 0.237 e. The van der Waals surface area contributed by atoms with Crippen molar-refractivity contribution < 1.29 is 17.9 Å². The number of carbonyl (C=O) groups is 1. The maximum absolute atomic E-state index is 11.9. The summed E-state index contributed by atoms with van der Waals surface area (Å²) in [6, 6.07) is 0.243. The maximum Gasteiger partial charge on any atom is 0.237 e. The molecule has 0 saturated carbocycles. The van der Waals surface area contributed by atoms with E-state index in [4.69, 9.17) is 4.74 Å². The minimum absolute atomic E-state index is 0. The molecular weight excluding hydrogens is 306 g/mol. The third kappa shape index (κ3) is 7.39. The number of piperazine rings is 1. The number of hydrogen-bond acceptors (Lipinski definition) is 5. The summed E-state index contributed by atoms with van der Waals surface area (Å²) in [5.41, 5.74) is 0. The van der Waals surface area contributed by atoms with E-state index in [9.17, 15) is 13.2 Å². The average molecular weight is 330 g/mol. The van der Waals surface area contributed by atoms with Crippen LogP contribution >= 0.6 is 12.4 Å². The Morgan fingerprint density at radius 3 is 2.80 bits per heavy atom. The normalized spacial score (nSPS) is 19.5. The summed E-state index contributed by atoms with van der Waals surface area (Å²) in [6.07, 6.45) is 0. The predicted octanol–water partition coefficient (Wildman–Crippen LogP) is -0.816. The highest BCUT2D eigenvalue weighted by atomic mass is 35.5. The lowest BCUT2D eigenvalue weighted by Gasteiger charge is -2.31. The van der Waals surface area contributed by atoms with Gasteiger partial charge in [0.2, 0.25) is 15.9 Å². The van der Waals surface area contributed by atoms with Crippen molar-refractivity contribution in [3.05, 3.63) is 0 Å². The van der Waals surface area contributed by atoms with E-state index in [0.29, 0.717) is 19.7 Å². The van der Waals surface area contributed by atoms with Crippen molar-refractivity contribution in [2.24, 2.45) is 0 Å². The van der Waals surface area contributed by atoms with Crippen LogP contribution in [0.2, 0.25) is 0 Å². The van der Waals surface area contributed by atoms with Crippen LogP contribution < -0.4 is 10.0 Å². The molecule has 9 heteroatoms. The van der Waals surface area contributed by atoms with Gasteiger partial charge in [-0.15, -0.1) is 12.4 Å². The zero-order valence-electron chi connectivity index (χ0n) is 11.9. The van der Waals surface area contributed by atoms with E-state index in [1.165, 1.54) is 0 Å². The van der Waals surface area contributed by atoms with Crippen molar-refractivity contribution in [1.29, 1.82) is 0 Å². The Bertz CT molecular complexity index is 391. The van der Waals surface area contributed by atoms with E-state index >= 15 is 0 Å². The molecule has 0 aliphatic carbocycles. The van der Waals surface area contributed by atoms with E-state index in [1.807, 2.05) is 6.92 Å². The first-order chi connectivity index (χ1) is 8.94. The number of nitrogens with one attached hydrogen (secondary N) is 2. The summed E-state index contributed by atoms with van der Waals surface area (Å²) >= 11 is 0. The molecule has 2 N–H and O–H groups in total. The molecule has 0 radical (unpaired) electrons. The molecule has 1 rings (SSSR count). The quantitative estimate of drug-likeness (QED) is 0.596. The van der Waals surface area contributed by atoms with Crippen molar-refractivity contribution in [1.82, 2.24) is 14.9 Å². The Kier molecular flexibility index (Phi) is 9.32. The number of rotatable bonds is 7. The first-order valence-electron chi connectivity index (χ1n) is 6.51. The highest BCUT2D eigenvalue weighted by molar-refractivity contribution is 7.89. The second kappa shape index (κ2) is 9.51. The molecule has 0 aromatic rings. The fourth-order valence-electron chi connectivity index (χ4n) is 1.83. The van der Waals surface area contributed by atoms with Gasteiger partial charge in [0.05, 0.1) is 18.9 Å². The van der Waals surface area contributed by atoms with Gasteiger partial charge in [-0.1, -0.05) is 0 Å². The van der Waals surface area contributed by atoms with Crippen LogP contribution in [0.25, 0.3) is 0 Å². The number of nitrogens with zero attached hydrogens (tertiary/aromatic N) is 1. The van der Waals surface area contributed by atoms with Crippen LogP contribution in [0.1, 0.15) is 13.8 Å². The third-order valence-electron chi connectivity index (χ3n) is 2.87. The summed E-state index contributed by atoms with van der Waals surface area (Å²) in [5.74, 6) is -0.306. The molecule has 0 bridgehead atoms. The van der Waals surface area contributed by atoms with Crippen molar-refractivity contribution in [3.63, 3.8) is 0 Å². The minimum Gasteiger partial charge on any atom is -0.381 e. The maximum atomic E-state index is 11.9. The van der Waals surface area contributed by atoms with Crippen LogP contribution in [0.5, 0.6) is 0 Å². The molecular formula is C11H24ClN3O4S. The standard InChI is InChI=1S/C11H23N3O4S.ClH/c1-3-18-6-7-19(16,17)13-8-11(15)14-5-4-12-10(2)9-14;/h10,12-13H,3-9H2,1-2H3;1H. The minimum atomic E-state index is -3.44. The van der Waals surface area contributed by atoms with Gasteiger partial charge in [-0.05, 0) is 13.8 Å². The van der Waals surface area contributed by atoms with Crippen LogP contribution in [0, 0.1) is 0 Å². The third-order valence-corrected chi connectivity index (χ3v) is 4.15. The van der Waals surface area contributed by atoms with E-state index in [2.05, 4.69) is 10.0 Å². The van der Waals surface area contributed by atoms with Crippen LogP contribution in [0.15, 0.2) is 0 Å². The Balaban J connectivity index is 0.00000361. The second-order valence-corrected chi connectivity index (χ2v) is 6.46. The average Bonchev–Trinajstić information content (AvgIpc) is 2.36. The topological polar surface area (TPSA) is 87.7 Å². The van der Waals surface area contributed by atoms with Crippen molar-refractivity contribution in [3.8, 4) is 0 Å². The van der Waals surface area contributed by atoms with Crippen LogP contribution in [0.3, 0.4) is 0 Å². The van der Waals surface area contributed by atoms with E-state index in [-0.39, 0.29) is 43.3 Å². The van der Waals surface area contributed by atoms with Gasteiger partial charge in [0, 0.05) is 32.3 Å². The van der Waals surface area contributed by atoms with Gasteiger partial charge in [0.15, 0.2) is 0 Å². The molecule has 1 heterocycles. The van der Waals surface area contributed by atoms with Crippen molar-refractivity contribution in [2.75, 3.05) is 45.1 Å². The molecule has 0 aromatic carbocycles. The molecule has 1 aliphatic heterocycles. The SMILES string of the molecule is CCOCCS(=O)(=O)NCC(=O)N1CCNC(C)C1.Cl. The number of halogens is 1. The van der Waals surface area contributed by atoms with E-state index in [0.717, 1.165) is 6.54 Å². The molecule has 0 spiro atoms. The van der Waals surface area contributed by atoms with Crippen LogP contribution in [-0.2, 0) is 19.6 Å². The Morgan fingerprint density at radius 1 is 1.50 bits per heavy atom. The second-order valence-electron chi connectivity index (χ2n) is 4.53. The first kappa shape index (κ1) is 19.6. The summed E-state index contributed by atoms with van der Waals surface area (Å²) in [4.78, 5) is 13.5. The van der Waals surface area contributed by atoms with Gasteiger partial charge < -0.3 is 15.0 Å². The fourth-order valence-corrected chi connectivity index (χ4v) is 2.65. The lowest BCUT2D eigenvalue weighted by molar-refractivity contribution is -0.131. The number of sulfonamides is 1. The summed E-state index contributed by atoms with van der Waals surface area (Å²) < 4.78 is 30.5. The Hall–Kier alpha value is -0.410.